The molecule has 1 aromatic heterocycles. The molecule has 76 valence electrons. The summed E-state index contributed by atoms with van der Waals surface area (Å²) in [5.41, 5.74) is 2.45. The summed E-state index contributed by atoms with van der Waals surface area (Å²) in [6.45, 7) is 1.53. The van der Waals surface area contributed by atoms with Gasteiger partial charge in [0.25, 0.3) is 0 Å². The maximum atomic E-state index is 11.7. The van der Waals surface area contributed by atoms with Crippen LogP contribution in [0, 0.1) is 0 Å². The second kappa shape index (κ2) is 2.94. The molecule has 2 heterocycles. The van der Waals surface area contributed by atoms with Crippen molar-refractivity contribution in [3.05, 3.63) is 45.8 Å². The molecule has 1 aromatic carbocycles. The zero-order valence-electron chi connectivity index (χ0n) is 8.49. The molecule has 0 radical (unpaired) electrons. The lowest BCUT2D eigenvalue weighted by molar-refractivity contribution is 0.351. The van der Waals surface area contributed by atoms with Gasteiger partial charge in [-0.05, 0) is 18.7 Å². The predicted molar refractivity (Wildman–Crippen MR) is 57.7 cm³/mol. The summed E-state index contributed by atoms with van der Waals surface area (Å²) in [6, 6.07) is 7.71. The minimum absolute atomic E-state index is 0.187. The van der Waals surface area contributed by atoms with E-state index in [4.69, 9.17) is 4.42 Å². The van der Waals surface area contributed by atoms with Gasteiger partial charge < -0.3 is 4.42 Å². The summed E-state index contributed by atoms with van der Waals surface area (Å²) in [5.74, 6) is 0. The Kier molecular flexibility index (Phi) is 1.70. The number of para-hydroxylation sites is 1. The molecule has 0 spiro atoms. The average Bonchev–Trinajstić information content (AvgIpc) is 2.61. The standard InChI is InChI=1S/C12H11NO2/c1-13-6-9-8-4-2-3-5-11(8)15-12(14)10(9)7-13/h2-5H,6-7H2,1H3. The third kappa shape index (κ3) is 1.20. The number of hydrogen-bond donors (Lipinski definition) is 0. The minimum atomic E-state index is -0.187. The van der Waals surface area contributed by atoms with Gasteiger partial charge in [0.05, 0.1) is 5.56 Å². The molecule has 2 aromatic rings. The fraction of sp³-hybridized carbons (Fsp3) is 0.250. The van der Waals surface area contributed by atoms with Gasteiger partial charge >= 0.3 is 5.63 Å². The van der Waals surface area contributed by atoms with Crippen molar-refractivity contribution in [1.82, 2.24) is 4.90 Å². The lowest BCUT2D eigenvalue weighted by atomic mass is 10.1. The summed E-state index contributed by atoms with van der Waals surface area (Å²) in [6.07, 6.45) is 0. The zero-order valence-corrected chi connectivity index (χ0v) is 8.49. The Morgan fingerprint density at radius 2 is 1.93 bits per heavy atom. The van der Waals surface area contributed by atoms with Crippen LogP contribution in [0.4, 0.5) is 0 Å². The molecule has 0 aliphatic carbocycles. The van der Waals surface area contributed by atoms with Crippen LogP contribution in [0.5, 0.6) is 0 Å². The summed E-state index contributed by atoms with van der Waals surface area (Å²) < 4.78 is 5.27. The molecule has 3 nitrogen and oxygen atoms in total. The molecular formula is C12H11NO2. The Bertz CT molecular complexity index is 586. The van der Waals surface area contributed by atoms with Crippen LogP contribution in [0.15, 0.2) is 33.5 Å². The average molecular weight is 201 g/mol. The molecule has 3 rings (SSSR count). The van der Waals surface area contributed by atoms with Gasteiger partial charge in [0.1, 0.15) is 5.58 Å². The lowest BCUT2D eigenvalue weighted by Crippen LogP contribution is -2.11. The van der Waals surface area contributed by atoms with E-state index in [1.807, 2.05) is 31.3 Å². The molecule has 1 aliphatic heterocycles. The van der Waals surface area contributed by atoms with Gasteiger partial charge in [-0.15, -0.1) is 0 Å². The van der Waals surface area contributed by atoms with Crippen LogP contribution in [0.2, 0.25) is 0 Å². The third-order valence-electron chi connectivity index (χ3n) is 2.88. The summed E-state index contributed by atoms with van der Waals surface area (Å²) in [5, 5.41) is 1.07. The van der Waals surface area contributed by atoms with Crippen molar-refractivity contribution >= 4 is 11.0 Å². The van der Waals surface area contributed by atoms with Crippen molar-refractivity contribution in [2.45, 2.75) is 13.1 Å². The molecular weight excluding hydrogens is 190 g/mol. The van der Waals surface area contributed by atoms with Gasteiger partial charge in [0, 0.05) is 18.5 Å². The van der Waals surface area contributed by atoms with Gasteiger partial charge in [-0.3, -0.25) is 4.90 Å². The van der Waals surface area contributed by atoms with E-state index in [-0.39, 0.29) is 5.63 Å². The van der Waals surface area contributed by atoms with E-state index in [1.165, 1.54) is 0 Å². The maximum absolute atomic E-state index is 11.7. The molecule has 0 unspecified atom stereocenters. The van der Waals surface area contributed by atoms with Gasteiger partial charge in [0.2, 0.25) is 0 Å². The number of rotatable bonds is 0. The molecule has 15 heavy (non-hydrogen) atoms. The molecule has 0 bridgehead atoms. The van der Waals surface area contributed by atoms with E-state index < -0.39 is 0 Å². The van der Waals surface area contributed by atoms with E-state index >= 15 is 0 Å². The number of benzene rings is 1. The fourth-order valence-electron chi connectivity index (χ4n) is 2.19. The Balaban J connectivity index is 2.43. The van der Waals surface area contributed by atoms with Crippen molar-refractivity contribution in [2.24, 2.45) is 0 Å². The first kappa shape index (κ1) is 8.68. The summed E-state index contributed by atoms with van der Waals surface area (Å²) >= 11 is 0. The molecule has 0 saturated heterocycles. The summed E-state index contributed by atoms with van der Waals surface area (Å²) in [4.78, 5) is 13.8. The van der Waals surface area contributed by atoms with E-state index in [9.17, 15) is 4.79 Å². The first-order valence-electron chi connectivity index (χ1n) is 4.98. The van der Waals surface area contributed by atoms with Crippen LogP contribution in [0.25, 0.3) is 11.0 Å². The highest BCUT2D eigenvalue weighted by atomic mass is 16.4. The van der Waals surface area contributed by atoms with Crippen LogP contribution in [-0.2, 0) is 13.1 Å². The smallest absolute Gasteiger partial charge is 0.341 e. The van der Waals surface area contributed by atoms with E-state index in [2.05, 4.69) is 4.90 Å². The van der Waals surface area contributed by atoms with Crippen LogP contribution in [-0.4, -0.2) is 11.9 Å². The predicted octanol–water partition coefficient (Wildman–Crippen LogP) is 1.74. The Morgan fingerprint density at radius 1 is 1.20 bits per heavy atom. The number of nitrogens with zero attached hydrogens (tertiary/aromatic N) is 1. The quantitative estimate of drug-likeness (QED) is 0.609. The van der Waals surface area contributed by atoms with Crippen molar-refractivity contribution in [1.29, 1.82) is 0 Å². The number of hydrogen-bond acceptors (Lipinski definition) is 3. The van der Waals surface area contributed by atoms with E-state index in [0.29, 0.717) is 12.1 Å². The third-order valence-corrected chi connectivity index (χ3v) is 2.88. The molecule has 0 amide bonds. The number of fused-ring (bicyclic) bond motifs is 3. The van der Waals surface area contributed by atoms with Gasteiger partial charge in [0.15, 0.2) is 0 Å². The molecule has 1 aliphatic rings. The lowest BCUT2D eigenvalue weighted by Gasteiger charge is -2.03. The van der Waals surface area contributed by atoms with Crippen LogP contribution in [0.3, 0.4) is 0 Å². The van der Waals surface area contributed by atoms with Crippen molar-refractivity contribution < 1.29 is 4.42 Å². The van der Waals surface area contributed by atoms with E-state index in [0.717, 1.165) is 23.1 Å². The highest BCUT2D eigenvalue weighted by Gasteiger charge is 2.22. The Hall–Kier alpha value is -1.61. The van der Waals surface area contributed by atoms with Crippen LogP contribution < -0.4 is 5.63 Å². The van der Waals surface area contributed by atoms with Crippen molar-refractivity contribution in [3.8, 4) is 0 Å². The van der Waals surface area contributed by atoms with Gasteiger partial charge in [-0.25, -0.2) is 4.79 Å². The van der Waals surface area contributed by atoms with Crippen molar-refractivity contribution in [2.75, 3.05) is 7.05 Å². The van der Waals surface area contributed by atoms with Crippen LogP contribution in [0.1, 0.15) is 11.1 Å². The second-order valence-electron chi connectivity index (χ2n) is 4.02. The first-order chi connectivity index (χ1) is 7.25. The van der Waals surface area contributed by atoms with Crippen LogP contribution >= 0.6 is 0 Å². The SMILES string of the molecule is CN1Cc2c(c3ccccc3oc2=O)C1. The maximum Gasteiger partial charge on any atom is 0.341 e. The molecule has 0 saturated carbocycles. The van der Waals surface area contributed by atoms with Gasteiger partial charge in [-0.2, -0.15) is 0 Å². The van der Waals surface area contributed by atoms with Gasteiger partial charge in [-0.1, -0.05) is 18.2 Å². The zero-order chi connectivity index (χ0) is 10.4. The van der Waals surface area contributed by atoms with Crippen molar-refractivity contribution in [3.63, 3.8) is 0 Å². The minimum Gasteiger partial charge on any atom is -0.422 e. The fourth-order valence-corrected chi connectivity index (χ4v) is 2.19. The Labute approximate surface area is 86.9 Å². The largest absolute Gasteiger partial charge is 0.422 e. The highest BCUT2D eigenvalue weighted by molar-refractivity contribution is 5.81. The summed E-state index contributed by atoms with van der Waals surface area (Å²) in [7, 11) is 2.01. The topological polar surface area (TPSA) is 33.5 Å². The Morgan fingerprint density at radius 3 is 2.80 bits per heavy atom. The van der Waals surface area contributed by atoms with E-state index in [1.54, 1.807) is 0 Å². The molecule has 0 N–H and O–H groups in total. The molecule has 0 atom stereocenters. The highest BCUT2D eigenvalue weighted by Crippen LogP contribution is 2.26. The molecule has 0 fully saturated rings. The second-order valence-corrected chi connectivity index (χ2v) is 4.02. The molecule has 3 heteroatoms. The normalized spacial score (nSPS) is 15.8. The first-order valence-corrected chi connectivity index (χ1v) is 4.98. The monoisotopic (exact) mass is 201 g/mol.